The lowest BCUT2D eigenvalue weighted by Crippen LogP contribution is -2.10. The molecule has 0 spiro atoms. The Balaban J connectivity index is 1.96. The average Bonchev–Trinajstić information content (AvgIpc) is 3.55. The van der Waals surface area contributed by atoms with Crippen LogP contribution in [0.3, 0.4) is 0 Å². The van der Waals surface area contributed by atoms with Gasteiger partial charge >= 0.3 is 6.18 Å². The Bertz CT molecular complexity index is 2450. The summed E-state index contributed by atoms with van der Waals surface area (Å²) in [5, 5.41) is 39.6. The third kappa shape index (κ3) is 4.65. The maximum atomic E-state index is 14.4. The highest BCUT2D eigenvalue weighted by Gasteiger charge is 2.41. The van der Waals surface area contributed by atoms with Gasteiger partial charge in [-0.1, -0.05) is 35.9 Å². The Labute approximate surface area is 266 Å². The van der Waals surface area contributed by atoms with Gasteiger partial charge in [0.15, 0.2) is 5.69 Å². The maximum absolute atomic E-state index is 14.4. The topological polar surface area (TPSA) is 113 Å². The van der Waals surface area contributed by atoms with Crippen LogP contribution in [0.2, 0.25) is 0 Å². The molecule has 0 aromatic heterocycles. The lowest BCUT2D eigenvalue weighted by atomic mass is 9.89. The Morgan fingerprint density at radius 3 is 1.77 bits per heavy atom. The number of halogens is 3. The van der Waals surface area contributed by atoms with Gasteiger partial charge in [0.25, 0.3) is 11.4 Å². The molecule has 0 saturated carbocycles. The van der Waals surface area contributed by atoms with Crippen molar-refractivity contribution in [1.29, 1.82) is 21.0 Å². The molecule has 3 aromatic carbocycles. The van der Waals surface area contributed by atoms with Crippen LogP contribution >= 0.6 is 0 Å². The van der Waals surface area contributed by atoms with Crippen LogP contribution in [0.15, 0.2) is 59.9 Å². The SMILES string of the molecule is [C-]#[N+]C1=C(c2ccc([N+]#[C-])cc2C)/C(=C(/C#N)[N+]#[C-])c2cc3c(cc21)/C(=C(/C#N)[N+]#[C-])C(c1ccc(C#N)cc1C(F)(F)F)=C3C#N. The van der Waals surface area contributed by atoms with Gasteiger partial charge in [-0.2, -0.15) is 23.7 Å². The van der Waals surface area contributed by atoms with Crippen molar-refractivity contribution in [2.24, 2.45) is 0 Å². The Hall–Kier alpha value is -7.67. The van der Waals surface area contributed by atoms with E-state index in [0.717, 1.165) is 12.1 Å². The lowest BCUT2D eigenvalue weighted by molar-refractivity contribution is -0.137. The maximum Gasteiger partial charge on any atom is 0.417 e. The lowest BCUT2D eigenvalue weighted by Gasteiger charge is -2.16. The Morgan fingerprint density at radius 1 is 0.660 bits per heavy atom. The van der Waals surface area contributed by atoms with Gasteiger partial charge in [0.1, 0.15) is 6.07 Å². The molecule has 0 bridgehead atoms. The molecule has 3 aromatic rings. The molecule has 5 rings (SSSR count). The van der Waals surface area contributed by atoms with Crippen LogP contribution in [-0.2, 0) is 6.18 Å². The molecule has 0 atom stereocenters. The number of hydrogen-bond acceptors (Lipinski definition) is 4. The van der Waals surface area contributed by atoms with Crippen molar-refractivity contribution in [3.63, 3.8) is 0 Å². The summed E-state index contributed by atoms with van der Waals surface area (Å²) >= 11 is 0. The molecule has 0 saturated heterocycles. The van der Waals surface area contributed by atoms with Crippen molar-refractivity contribution in [3.8, 4) is 24.3 Å². The van der Waals surface area contributed by atoms with Crippen LogP contribution in [0.4, 0.5) is 18.9 Å². The molecule has 8 nitrogen and oxygen atoms in total. The van der Waals surface area contributed by atoms with E-state index in [1.165, 1.54) is 18.2 Å². The molecule has 0 amide bonds. The second-order valence-electron chi connectivity index (χ2n) is 10.0. The number of rotatable bonds is 2. The number of alkyl halides is 3. The number of hydrogen-bond donors (Lipinski definition) is 0. The smallest absolute Gasteiger partial charge is 0.238 e. The van der Waals surface area contributed by atoms with Gasteiger partial charge in [0.05, 0.1) is 61.2 Å². The van der Waals surface area contributed by atoms with Crippen LogP contribution in [-0.4, -0.2) is 0 Å². The Morgan fingerprint density at radius 2 is 1.26 bits per heavy atom. The molecule has 0 radical (unpaired) electrons. The largest absolute Gasteiger partial charge is 0.417 e. The first-order valence-electron chi connectivity index (χ1n) is 13.1. The second-order valence-corrected chi connectivity index (χ2v) is 10.0. The van der Waals surface area contributed by atoms with Crippen molar-refractivity contribution < 1.29 is 13.2 Å². The highest BCUT2D eigenvalue weighted by Crippen LogP contribution is 2.56. The summed E-state index contributed by atoms with van der Waals surface area (Å²) in [6.07, 6.45) is -4.99. The highest BCUT2D eigenvalue weighted by molar-refractivity contribution is 6.29. The quantitative estimate of drug-likeness (QED) is 0.212. The van der Waals surface area contributed by atoms with Crippen molar-refractivity contribution in [1.82, 2.24) is 0 Å². The zero-order valence-electron chi connectivity index (χ0n) is 23.8. The predicted molar refractivity (Wildman–Crippen MR) is 164 cm³/mol. The van der Waals surface area contributed by atoms with E-state index < -0.39 is 28.7 Å². The fourth-order valence-electron chi connectivity index (χ4n) is 5.79. The Kier molecular flexibility index (Phi) is 7.49. The normalized spacial score (nSPS) is 15.0. The van der Waals surface area contributed by atoms with E-state index in [0.29, 0.717) is 22.9 Å². The average molecular weight is 613 g/mol. The molecule has 0 unspecified atom stereocenters. The molecular formula is C36H11F3N8. The van der Waals surface area contributed by atoms with E-state index in [1.807, 2.05) is 12.1 Å². The molecule has 2 aliphatic carbocycles. The standard InChI is InChI=1S/C36H11F3N8/c1-18-10-20(44-2)7-9-21(18)34-33(30(17-43)46-4)25-12-23-24(13-26(25)35(34)47-5)32(29(16-42)45-3)31(27(23)15-41)22-8-6-19(14-40)11-28(22)36(37,38)39/h6-13H,1H3/b32-29+,33-30-. The highest BCUT2D eigenvalue weighted by atomic mass is 19.4. The first-order valence-corrected chi connectivity index (χ1v) is 13.1. The fourth-order valence-corrected chi connectivity index (χ4v) is 5.79. The van der Waals surface area contributed by atoms with Gasteiger partial charge in [0, 0.05) is 5.57 Å². The number of nitriles is 4. The molecule has 216 valence electrons. The summed E-state index contributed by atoms with van der Waals surface area (Å²) in [7, 11) is 0. The van der Waals surface area contributed by atoms with E-state index in [4.69, 9.17) is 26.3 Å². The summed E-state index contributed by atoms with van der Waals surface area (Å²) in [6, 6.07) is 17.3. The van der Waals surface area contributed by atoms with Crippen molar-refractivity contribution >= 4 is 39.2 Å². The number of allylic oxidation sites excluding steroid dienone is 7. The molecule has 0 N–H and O–H groups in total. The molecule has 0 fully saturated rings. The molecular weight excluding hydrogens is 601 g/mol. The first kappa shape index (κ1) is 30.8. The summed E-state index contributed by atoms with van der Waals surface area (Å²) in [5.74, 6) is 0. The van der Waals surface area contributed by atoms with Gasteiger partial charge in [-0.25, -0.2) is 29.9 Å². The van der Waals surface area contributed by atoms with Crippen molar-refractivity contribution in [2.75, 3.05) is 0 Å². The van der Waals surface area contributed by atoms with Gasteiger partial charge in [-0.3, -0.25) is 0 Å². The van der Waals surface area contributed by atoms with Crippen LogP contribution in [0.5, 0.6) is 0 Å². The summed E-state index contributed by atoms with van der Waals surface area (Å²) < 4.78 is 43.2. The molecule has 47 heavy (non-hydrogen) atoms. The van der Waals surface area contributed by atoms with Gasteiger partial charge in [-0.05, 0) is 75.2 Å². The number of aryl methyl sites for hydroxylation is 1. The molecule has 2 aliphatic rings. The predicted octanol–water partition coefficient (Wildman–Crippen LogP) is 8.99. The van der Waals surface area contributed by atoms with E-state index in [-0.39, 0.29) is 61.4 Å². The van der Waals surface area contributed by atoms with Gasteiger partial charge < -0.3 is 0 Å². The van der Waals surface area contributed by atoms with Crippen LogP contribution in [0.1, 0.15) is 50.1 Å². The van der Waals surface area contributed by atoms with Gasteiger partial charge in [-0.15, -0.1) is 0 Å². The van der Waals surface area contributed by atoms with Crippen LogP contribution < -0.4 is 0 Å². The minimum Gasteiger partial charge on any atom is -0.238 e. The third-order valence-corrected chi connectivity index (χ3v) is 7.67. The van der Waals surface area contributed by atoms with E-state index in [2.05, 4.69) is 19.4 Å². The molecule has 11 heteroatoms. The van der Waals surface area contributed by atoms with E-state index >= 15 is 0 Å². The molecule has 0 aliphatic heterocycles. The first-order chi connectivity index (χ1) is 22.5. The zero-order valence-corrected chi connectivity index (χ0v) is 23.8. The summed E-state index contributed by atoms with van der Waals surface area (Å²) in [5.41, 5.74) is -2.07. The number of nitrogens with zero attached hydrogens (tertiary/aromatic N) is 8. The molecule has 0 heterocycles. The van der Waals surface area contributed by atoms with E-state index in [1.54, 1.807) is 31.2 Å². The van der Waals surface area contributed by atoms with Crippen molar-refractivity contribution in [2.45, 2.75) is 13.1 Å². The second kappa shape index (κ2) is 11.4. The minimum absolute atomic E-state index is 0.0187. The van der Waals surface area contributed by atoms with Crippen molar-refractivity contribution in [3.05, 3.63) is 156 Å². The summed E-state index contributed by atoms with van der Waals surface area (Å²) in [4.78, 5) is 13.8. The number of fused-ring (bicyclic) bond motifs is 2. The minimum atomic E-state index is -4.99. The van der Waals surface area contributed by atoms with Crippen LogP contribution in [0, 0.1) is 78.5 Å². The third-order valence-electron chi connectivity index (χ3n) is 7.67. The zero-order chi connectivity index (χ0) is 34.2. The van der Waals surface area contributed by atoms with Crippen LogP contribution in [0.25, 0.3) is 52.9 Å². The van der Waals surface area contributed by atoms with E-state index in [9.17, 15) is 34.2 Å². The number of benzene rings is 3. The monoisotopic (exact) mass is 612 g/mol. The van der Waals surface area contributed by atoms with Gasteiger partial charge in [0.2, 0.25) is 5.70 Å². The fraction of sp³-hybridized carbons (Fsp3) is 0.0556. The summed E-state index contributed by atoms with van der Waals surface area (Å²) in [6.45, 7) is 32.5.